The van der Waals surface area contributed by atoms with E-state index >= 15 is 0 Å². The molecule has 0 spiro atoms. The molecular weight excluding hydrogens is 410 g/mol. The molecule has 1 saturated carbocycles. The minimum Gasteiger partial charge on any atom is -0.289 e. The third-order valence-corrected chi connectivity index (χ3v) is 5.77. The van der Waals surface area contributed by atoms with Gasteiger partial charge >= 0.3 is 0 Å². The summed E-state index contributed by atoms with van der Waals surface area (Å²) >= 11 is 24.1. The first kappa shape index (κ1) is 19.5. The molecule has 1 fully saturated rings. The number of carbonyl (C=O) groups is 1. The van der Waals surface area contributed by atoms with E-state index in [1.54, 1.807) is 24.3 Å². The van der Waals surface area contributed by atoms with Crippen molar-refractivity contribution in [3.05, 3.63) is 78.8 Å². The summed E-state index contributed by atoms with van der Waals surface area (Å²) in [5, 5.41) is 1.95. The molecular formula is C21H16Cl4O. The number of benzene rings is 2. The molecule has 0 aliphatic heterocycles. The van der Waals surface area contributed by atoms with Crippen molar-refractivity contribution in [1.82, 2.24) is 0 Å². The molecule has 0 amide bonds. The van der Waals surface area contributed by atoms with Gasteiger partial charge < -0.3 is 0 Å². The average molecular weight is 426 g/mol. The molecule has 2 aromatic carbocycles. The third-order valence-electron chi connectivity index (χ3n) is 4.29. The molecule has 1 aliphatic rings. The second-order valence-corrected chi connectivity index (χ2v) is 8.16. The molecule has 0 heterocycles. The second kappa shape index (κ2) is 8.19. The van der Waals surface area contributed by atoms with Gasteiger partial charge in [0.2, 0.25) is 0 Å². The van der Waals surface area contributed by atoms with Crippen LogP contribution in [0.4, 0.5) is 0 Å². The number of allylic oxidation sites excluding steroid dienone is 2. The highest BCUT2D eigenvalue weighted by Gasteiger charge is 2.25. The fraction of sp³-hybridized carbons (Fsp3) is 0.190. The van der Waals surface area contributed by atoms with Crippen molar-refractivity contribution in [3.63, 3.8) is 0 Å². The van der Waals surface area contributed by atoms with Gasteiger partial charge in [0, 0.05) is 11.1 Å². The molecule has 0 radical (unpaired) electrons. The van der Waals surface area contributed by atoms with E-state index in [0.717, 1.165) is 35.1 Å². The first-order chi connectivity index (χ1) is 12.3. The zero-order valence-electron chi connectivity index (χ0n) is 14.0. The summed E-state index contributed by atoms with van der Waals surface area (Å²) in [5.74, 6) is 0.427. The Morgan fingerprint density at radius 3 is 1.58 bits per heavy atom. The number of carbonyl (C=O) groups excluding carboxylic acids is 1. The van der Waals surface area contributed by atoms with Crippen LogP contribution in [0.25, 0.3) is 12.2 Å². The standard InChI is InChI=1S/C21H16Cl4O/c1-12-6-15(8-13-2-4-17(22)19(24)10-13)21(26)16(7-12)9-14-3-5-18(23)20(25)11-14/h2-5,8-12H,6-7H2,1H3/b15-8+,16-9+. The first-order valence-corrected chi connectivity index (χ1v) is 9.70. The Balaban J connectivity index is 1.94. The van der Waals surface area contributed by atoms with Gasteiger partial charge in [0.1, 0.15) is 0 Å². The van der Waals surface area contributed by atoms with E-state index < -0.39 is 0 Å². The Morgan fingerprint density at radius 2 is 1.19 bits per heavy atom. The summed E-state index contributed by atoms with van der Waals surface area (Å²) in [4.78, 5) is 12.9. The summed E-state index contributed by atoms with van der Waals surface area (Å²) in [6.45, 7) is 2.14. The molecule has 1 nitrogen and oxygen atoms in total. The van der Waals surface area contributed by atoms with Crippen molar-refractivity contribution in [3.8, 4) is 0 Å². The van der Waals surface area contributed by atoms with E-state index in [0.29, 0.717) is 26.0 Å². The van der Waals surface area contributed by atoms with Crippen molar-refractivity contribution in [1.29, 1.82) is 0 Å². The topological polar surface area (TPSA) is 17.1 Å². The van der Waals surface area contributed by atoms with E-state index in [2.05, 4.69) is 6.92 Å². The Labute approximate surface area is 173 Å². The quantitative estimate of drug-likeness (QED) is 0.449. The Bertz CT molecular complexity index is 854. The zero-order chi connectivity index (χ0) is 18.8. The fourth-order valence-corrected chi connectivity index (χ4v) is 3.68. The lowest BCUT2D eigenvalue weighted by atomic mass is 9.81. The summed E-state index contributed by atoms with van der Waals surface area (Å²) in [6.07, 6.45) is 5.25. The summed E-state index contributed by atoms with van der Waals surface area (Å²) in [5.41, 5.74) is 3.28. The van der Waals surface area contributed by atoms with Crippen LogP contribution in [0.1, 0.15) is 30.9 Å². The molecule has 0 atom stereocenters. The van der Waals surface area contributed by atoms with Crippen LogP contribution < -0.4 is 0 Å². The number of halogens is 4. The van der Waals surface area contributed by atoms with Crippen LogP contribution in [-0.4, -0.2) is 5.78 Å². The monoisotopic (exact) mass is 424 g/mol. The number of Topliss-reactive ketones (excluding diaryl/α,β-unsaturated/α-hetero) is 1. The molecule has 0 aromatic heterocycles. The Morgan fingerprint density at radius 1 is 0.769 bits per heavy atom. The van der Waals surface area contributed by atoms with Crippen molar-refractivity contribution >= 4 is 64.3 Å². The van der Waals surface area contributed by atoms with Gasteiger partial charge in [-0.2, -0.15) is 0 Å². The fourth-order valence-electron chi connectivity index (χ4n) is 3.07. The molecule has 1 aliphatic carbocycles. The molecule has 0 unspecified atom stereocenters. The Hall–Kier alpha value is -1.25. The molecule has 134 valence electrons. The van der Waals surface area contributed by atoms with Crippen LogP contribution in [-0.2, 0) is 4.79 Å². The maximum Gasteiger partial charge on any atom is 0.185 e. The van der Waals surface area contributed by atoms with Gasteiger partial charge in [-0.15, -0.1) is 0 Å². The van der Waals surface area contributed by atoms with Crippen molar-refractivity contribution < 1.29 is 4.79 Å². The predicted octanol–water partition coefficient (Wildman–Crippen LogP) is 7.77. The lowest BCUT2D eigenvalue weighted by Crippen LogP contribution is -2.18. The van der Waals surface area contributed by atoms with E-state index in [-0.39, 0.29) is 5.78 Å². The van der Waals surface area contributed by atoms with E-state index in [1.165, 1.54) is 0 Å². The normalized spacial score (nSPS) is 20.8. The number of rotatable bonds is 2. The molecule has 0 bridgehead atoms. The molecule has 5 heteroatoms. The van der Waals surface area contributed by atoms with Gasteiger partial charge in [0.25, 0.3) is 0 Å². The lowest BCUT2D eigenvalue weighted by molar-refractivity contribution is -0.113. The molecule has 0 saturated heterocycles. The third kappa shape index (κ3) is 4.53. The van der Waals surface area contributed by atoms with Crippen LogP contribution in [0.15, 0.2) is 47.5 Å². The molecule has 26 heavy (non-hydrogen) atoms. The number of hydrogen-bond acceptors (Lipinski definition) is 1. The average Bonchev–Trinajstić information content (AvgIpc) is 2.58. The molecule has 3 rings (SSSR count). The largest absolute Gasteiger partial charge is 0.289 e. The summed E-state index contributed by atoms with van der Waals surface area (Å²) in [7, 11) is 0. The van der Waals surface area contributed by atoms with Gasteiger partial charge in [-0.3, -0.25) is 4.79 Å². The first-order valence-electron chi connectivity index (χ1n) is 8.19. The van der Waals surface area contributed by atoms with E-state index in [1.807, 2.05) is 24.3 Å². The van der Waals surface area contributed by atoms with E-state index in [4.69, 9.17) is 46.4 Å². The second-order valence-electron chi connectivity index (χ2n) is 6.53. The van der Waals surface area contributed by atoms with Gasteiger partial charge in [0.15, 0.2) is 5.78 Å². The van der Waals surface area contributed by atoms with Gasteiger partial charge in [-0.25, -0.2) is 0 Å². The van der Waals surface area contributed by atoms with Crippen molar-refractivity contribution in [2.45, 2.75) is 19.8 Å². The van der Waals surface area contributed by atoms with Crippen molar-refractivity contribution in [2.75, 3.05) is 0 Å². The maximum atomic E-state index is 12.9. The number of hydrogen-bond donors (Lipinski definition) is 0. The highest BCUT2D eigenvalue weighted by molar-refractivity contribution is 6.42. The van der Waals surface area contributed by atoms with Crippen molar-refractivity contribution in [2.24, 2.45) is 5.92 Å². The summed E-state index contributed by atoms with van der Waals surface area (Å²) in [6, 6.07) is 10.7. The minimum absolute atomic E-state index is 0.0558. The predicted molar refractivity (Wildman–Crippen MR) is 112 cm³/mol. The maximum absolute atomic E-state index is 12.9. The molecule has 2 aromatic rings. The van der Waals surface area contributed by atoms with Crippen LogP contribution in [0.2, 0.25) is 20.1 Å². The Kier molecular flexibility index (Phi) is 6.14. The van der Waals surface area contributed by atoms with Crippen LogP contribution >= 0.6 is 46.4 Å². The van der Waals surface area contributed by atoms with Gasteiger partial charge in [0.05, 0.1) is 20.1 Å². The van der Waals surface area contributed by atoms with Crippen LogP contribution in [0, 0.1) is 5.92 Å². The van der Waals surface area contributed by atoms with Gasteiger partial charge in [-0.05, 0) is 66.3 Å². The van der Waals surface area contributed by atoms with Gasteiger partial charge in [-0.1, -0.05) is 65.5 Å². The smallest absolute Gasteiger partial charge is 0.185 e. The lowest BCUT2D eigenvalue weighted by Gasteiger charge is -2.22. The SMILES string of the molecule is CC1C/C(=C\c2ccc(Cl)c(Cl)c2)C(=O)/C(=C/c2ccc(Cl)c(Cl)c2)C1. The molecule has 0 N–H and O–H groups in total. The van der Waals surface area contributed by atoms with Crippen LogP contribution in [0.5, 0.6) is 0 Å². The minimum atomic E-state index is 0.0558. The van der Waals surface area contributed by atoms with E-state index in [9.17, 15) is 4.79 Å². The highest BCUT2D eigenvalue weighted by atomic mass is 35.5. The van der Waals surface area contributed by atoms with Crippen LogP contribution in [0.3, 0.4) is 0 Å². The number of ketones is 1. The highest BCUT2D eigenvalue weighted by Crippen LogP contribution is 2.33. The zero-order valence-corrected chi connectivity index (χ0v) is 17.1. The summed E-state index contributed by atoms with van der Waals surface area (Å²) < 4.78 is 0.